The van der Waals surface area contributed by atoms with E-state index in [9.17, 15) is 4.79 Å². The Morgan fingerprint density at radius 3 is 2.11 bits per heavy atom. The number of morpholine rings is 1. The Balaban J connectivity index is 1.16. The number of carbonyl (C=O) groups is 1. The second-order valence-corrected chi connectivity index (χ2v) is 9.28. The van der Waals surface area contributed by atoms with Crippen LogP contribution in [-0.4, -0.2) is 85.7 Å². The van der Waals surface area contributed by atoms with Crippen LogP contribution in [0, 0.1) is 11.8 Å². The van der Waals surface area contributed by atoms with Crippen LogP contribution in [-0.2, 0) is 9.53 Å². The van der Waals surface area contributed by atoms with Crippen LogP contribution in [0.15, 0.2) is 0 Å². The van der Waals surface area contributed by atoms with Gasteiger partial charge in [0, 0.05) is 31.6 Å². The number of piperidine rings is 2. The number of hydrogen-bond donors (Lipinski definition) is 0. The first-order valence-corrected chi connectivity index (χ1v) is 11.6. The quantitative estimate of drug-likeness (QED) is 0.755. The molecule has 0 radical (unpaired) electrons. The average molecular weight is 378 g/mol. The largest absolute Gasteiger partial charge is 0.378 e. The summed E-state index contributed by atoms with van der Waals surface area (Å²) >= 11 is 0. The van der Waals surface area contributed by atoms with E-state index in [0.29, 0.717) is 19.1 Å². The Bertz CT molecular complexity index is 458. The van der Waals surface area contributed by atoms with Crippen molar-refractivity contribution in [2.24, 2.45) is 11.8 Å². The Morgan fingerprint density at radius 2 is 1.44 bits per heavy atom. The average Bonchev–Trinajstić information content (AvgIpc) is 2.75. The summed E-state index contributed by atoms with van der Waals surface area (Å²) in [7, 11) is 0. The molecule has 0 atom stereocenters. The van der Waals surface area contributed by atoms with E-state index in [1.165, 1.54) is 64.6 Å². The van der Waals surface area contributed by atoms with Crippen LogP contribution < -0.4 is 0 Å². The Morgan fingerprint density at radius 1 is 0.778 bits per heavy atom. The van der Waals surface area contributed by atoms with Gasteiger partial charge in [-0.15, -0.1) is 0 Å². The third-order valence-electron chi connectivity index (χ3n) is 7.52. The first-order chi connectivity index (χ1) is 13.3. The van der Waals surface area contributed by atoms with Crippen LogP contribution >= 0.6 is 0 Å². The summed E-state index contributed by atoms with van der Waals surface area (Å²) in [5, 5.41) is 0. The zero-order valence-corrected chi connectivity index (χ0v) is 17.1. The molecule has 3 aliphatic heterocycles. The fourth-order valence-corrected chi connectivity index (χ4v) is 5.76. The van der Waals surface area contributed by atoms with Gasteiger partial charge in [0.1, 0.15) is 0 Å². The maximum absolute atomic E-state index is 12.7. The lowest BCUT2D eigenvalue weighted by molar-refractivity contribution is -0.141. The van der Waals surface area contributed by atoms with Gasteiger partial charge in [-0.2, -0.15) is 0 Å². The van der Waals surface area contributed by atoms with Crippen LogP contribution in [0.2, 0.25) is 0 Å². The molecule has 0 unspecified atom stereocenters. The maximum Gasteiger partial charge on any atom is 0.225 e. The van der Waals surface area contributed by atoms with Crippen molar-refractivity contribution in [3.05, 3.63) is 0 Å². The lowest BCUT2D eigenvalue weighted by Gasteiger charge is -2.43. The number of rotatable bonds is 4. The van der Waals surface area contributed by atoms with Crippen molar-refractivity contribution in [3.63, 3.8) is 0 Å². The first-order valence-electron chi connectivity index (χ1n) is 11.6. The first kappa shape index (κ1) is 19.7. The third-order valence-corrected chi connectivity index (χ3v) is 7.52. The minimum absolute atomic E-state index is 0.255. The van der Waals surface area contributed by atoms with Gasteiger partial charge in [0.25, 0.3) is 0 Å². The fourth-order valence-electron chi connectivity index (χ4n) is 5.76. The predicted molar refractivity (Wildman–Crippen MR) is 108 cm³/mol. The molecule has 0 aromatic heterocycles. The Kier molecular flexibility index (Phi) is 7.07. The second-order valence-electron chi connectivity index (χ2n) is 9.28. The minimum atomic E-state index is 0.255. The van der Waals surface area contributed by atoms with Crippen molar-refractivity contribution in [2.45, 2.75) is 63.8 Å². The summed E-state index contributed by atoms with van der Waals surface area (Å²) in [5.74, 6) is 1.61. The van der Waals surface area contributed by atoms with E-state index in [0.717, 1.165) is 51.0 Å². The summed E-state index contributed by atoms with van der Waals surface area (Å²) < 4.78 is 5.38. The highest BCUT2D eigenvalue weighted by atomic mass is 16.5. The molecule has 27 heavy (non-hydrogen) atoms. The van der Waals surface area contributed by atoms with Crippen molar-refractivity contribution < 1.29 is 9.53 Å². The van der Waals surface area contributed by atoms with Crippen molar-refractivity contribution in [1.29, 1.82) is 0 Å². The topological polar surface area (TPSA) is 36.0 Å². The van der Waals surface area contributed by atoms with Gasteiger partial charge < -0.3 is 19.4 Å². The number of nitrogens with zero attached hydrogens (tertiary/aromatic N) is 3. The SMILES string of the molecule is O=C(C1CCN(C2CCN(CC3CCCCC3)CC2)CC1)N1CCOCC1. The molecule has 154 valence electrons. The van der Waals surface area contributed by atoms with Crippen molar-refractivity contribution in [3.8, 4) is 0 Å². The van der Waals surface area contributed by atoms with Crippen molar-refractivity contribution in [1.82, 2.24) is 14.7 Å². The number of carbonyl (C=O) groups excluding carboxylic acids is 1. The van der Waals surface area contributed by atoms with E-state index in [1.54, 1.807) is 0 Å². The molecule has 3 heterocycles. The molecular weight excluding hydrogens is 338 g/mol. The van der Waals surface area contributed by atoms with Gasteiger partial charge >= 0.3 is 0 Å². The smallest absolute Gasteiger partial charge is 0.225 e. The monoisotopic (exact) mass is 377 g/mol. The van der Waals surface area contributed by atoms with Gasteiger partial charge in [0.15, 0.2) is 0 Å². The normalized spacial score (nSPS) is 28.5. The molecule has 1 saturated carbocycles. The summed E-state index contributed by atoms with van der Waals surface area (Å²) in [6.45, 7) is 9.16. The number of amides is 1. The van der Waals surface area contributed by atoms with Crippen LogP contribution in [0.4, 0.5) is 0 Å². The van der Waals surface area contributed by atoms with E-state index in [1.807, 2.05) is 4.90 Å². The minimum Gasteiger partial charge on any atom is -0.378 e. The molecule has 1 aliphatic carbocycles. The lowest BCUT2D eigenvalue weighted by atomic mass is 9.88. The summed E-state index contributed by atoms with van der Waals surface area (Å²) in [6.07, 6.45) is 12.1. The summed E-state index contributed by atoms with van der Waals surface area (Å²) in [6, 6.07) is 0.757. The van der Waals surface area contributed by atoms with Crippen LogP contribution in [0.3, 0.4) is 0 Å². The molecule has 0 aromatic carbocycles. The van der Waals surface area contributed by atoms with Gasteiger partial charge in [-0.25, -0.2) is 0 Å². The summed E-state index contributed by atoms with van der Waals surface area (Å²) in [5.41, 5.74) is 0. The van der Waals surface area contributed by atoms with Gasteiger partial charge in [-0.3, -0.25) is 4.79 Å². The van der Waals surface area contributed by atoms with E-state index in [-0.39, 0.29) is 5.92 Å². The molecule has 0 bridgehead atoms. The molecule has 4 fully saturated rings. The van der Waals surface area contributed by atoms with E-state index in [2.05, 4.69) is 9.80 Å². The molecule has 5 nitrogen and oxygen atoms in total. The summed E-state index contributed by atoms with van der Waals surface area (Å²) in [4.78, 5) is 20.2. The van der Waals surface area contributed by atoms with Gasteiger partial charge in [0.2, 0.25) is 5.91 Å². The number of likely N-dealkylation sites (tertiary alicyclic amines) is 2. The molecule has 1 amide bonds. The standard InChI is InChI=1S/C22H39N3O2/c26-22(25-14-16-27-17-15-25)20-6-12-24(13-7-20)21-8-10-23(11-9-21)18-19-4-2-1-3-5-19/h19-21H,1-18H2. The van der Waals surface area contributed by atoms with E-state index < -0.39 is 0 Å². The molecule has 0 aromatic rings. The van der Waals surface area contributed by atoms with E-state index >= 15 is 0 Å². The highest BCUT2D eigenvalue weighted by Crippen LogP contribution is 2.28. The molecule has 4 rings (SSSR count). The fraction of sp³-hybridized carbons (Fsp3) is 0.955. The molecule has 4 aliphatic rings. The van der Waals surface area contributed by atoms with E-state index in [4.69, 9.17) is 4.74 Å². The Labute approximate surface area is 165 Å². The van der Waals surface area contributed by atoms with Gasteiger partial charge in [-0.05, 0) is 70.6 Å². The second kappa shape index (κ2) is 9.71. The Hall–Kier alpha value is -0.650. The molecular formula is C22H39N3O2. The predicted octanol–water partition coefficient (Wildman–Crippen LogP) is 2.60. The van der Waals surface area contributed by atoms with Gasteiger partial charge in [0.05, 0.1) is 13.2 Å². The molecule has 5 heteroatoms. The molecule has 3 saturated heterocycles. The molecule has 0 spiro atoms. The third kappa shape index (κ3) is 5.24. The molecule has 0 N–H and O–H groups in total. The highest BCUT2D eigenvalue weighted by Gasteiger charge is 2.33. The van der Waals surface area contributed by atoms with Crippen LogP contribution in [0.1, 0.15) is 57.8 Å². The van der Waals surface area contributed by atoms with Crippen LogP contribution in [0.25, 0.3) is 0 Å². The lowest BCUT2D eigenvalue weighted by Crippen LogP contribution is -2.51. The van der Waals surface area contributed by atoms with Crippen molar-refractivity contribution >= 4 is 5.91 Å². The number of ether oxygens (including phenoxy) is 1. The highest BCUT2D eigenvalue weighted by molar-refractivity contribution is 5.79. The zero-order chi connectivity index (χ0) is 18.5. The van der Waals surface area contributed by atoms with Gasteiger partial charge in [-0.1, -0.05) is 19.3 Å². The van der Waals surface area contributed by atoms with Crippen molar-refractivity contribution in [2.75, 3.05) is 59.0 Å². The number of hydrogen-bond acceptors (Lipinski definition) is 4. The van der Waals surface area contributed by atoms with Crippen LogP contribution in [0.5, 0.6) is 0 Å². The zero-order valence-electron chi connectivity index (χ0n) is 17.1. The maximum atomic E-state index is 12.7.